The van der Waals surface area contributed by atoms with Crippen molar-refractivity contribution in [3.63, 3.8) is 0 Å². The van der Waals surface area contributed by atoms with E-state index in [2.05, 4.69) is 10.6 Å². The van der Waals surface area contributed by atoms with Gasteiger partial charge >= 0.3 is 12.0 Å². The number of carboxylic acid groups (broad SMARTS) is 1. The first-order valence-corrected chi connectivity index (χ1v) is 7.39. The van der Waals surface area contributed by atoms with Crippen LogP contribution < -0.4 is 10.6 Å². The van der Waals surface area contributed by atoms with E-state index in [9.17, 15) is 14.7 Å². The molecule has 0 aromatic carbocycles. The highest BCUT2D eigenvalue weighted by Crippen LogP contribution is 2.40. The van der Waals surface area contributed by atoms with Gasteiger partial charge in [0.1, 0.15) is 0 Å². The second kappa shape index (κ2) is 6.43. The third kappa shape index (κ3) is 3.42. The van der Waals surface area contributed by atoms with Gasteiger partial charge in [-0.1, -0.05) is 6.42 Å². The first kappa shape index (κ1) is 15.1. The van der Waals surface area contributed by atoms with E-state index in [0.29, 0.717) is 18.8 Å². The second-order valence-electron chi connectivity index (χ2n) is 6.00. The Labute approximate surface area is 119 Å². The number of urea groups is 1. The predicted molar refractivity (Wildman–Crippen MR) is 73.5 cm³/mol. The van der Waals surface area contributed by atoms with Crippen LogP contribution in [0.4, 0.5) is 4.79 Å². The van der Waals surface area contributed by atoms with Gasteiger partial charge in [-0.25, -0.2) is 4.79 Å². The molecule has 2 aliphatic rings. The molecule has 2 amide bonds. The predicted octanol–water partition coefficient (Wildman–Crippen LogP) is 1.36. The minimum absolute atomic E-state index is 0.0843. The van der Waals surface area contributed by atoms with Crippen LogP contribution in [0.1, 0.15) is 39.0 Å². The number of carbonyl (C=O) groups is 2. The molecule has 6 heteroatoms. The van der Waals surface area contributed by atoms with E-state index >= 15 is 0 Å². The molecule has 3 N–H and O–H groups in total. The SMILES string of the molecule is CC(NC(=O)NCC1(C(=O)O)CCC1)C1CCOCC1. The molecule has 1 aliphatic carbocycles. The van der Waals surface area contributed by atoms with E-state index in [1.165, 1.54) is 0 Å². The molecule has 0 aromatic rings. The monoisotopic (exact) mass is 284 g/mol. The molecule has 0 bridgehead atoms. The van der Waals surface area contributed by atoms with E-state index in [-0.39, 0.29) is 18.6 Å². The van der Waals surface area contributed by atoms with E-state index < -0.39 is 11.4 Å². The number of rotatable bonds is 5. The maximum Gasteiger partial charge on any atom is 0.315 e. The van der Waals surface area contributed by atoms with Crippen LogP contribution in [0, 0.1) is 11.3 Å². The maximum absolute atomic E-state index is 11.9. The Balaban J connectivity index is 1.73. The van der Waals surface area contributed by atoms with Gasteiger partial charge in [-0.15, -0.1) is 0 Å². The van der Waals surface area contributed by atoms with Gasteiger partial charge in [0, 0.05) is 25.8 Å². The molecule has 0 aromatic heterocycles. The average Bonchev–Trinajstić information content (AvgIpc) is 2.38. The molecular formula is C14H24N2O4. The molecule has 0 radical (unpaired) electrons. The van der Waals surface area contributed by atoms with E-state index in [4.69, 9.17) is 4.74 Å². The third-order valence-electron chi connectivity index (χ3n) is 4.68. The lowest BCUT2D eigenvalue weighted by Gasteiger charge is -2.37. The summed E-state index contributed by atoms with van der Waals surface area (Å²) in [6.45, 7) is 3.71. The van der Waals surface area contributed by atoms with Gasteiger partial charge in [-0.05, 0) is 38.5 Å². The number of amides is 2. The van der Waals surface area contributed by atoms with Crippen LogP contribution in [0.15, 0.2) is 0 Å². The van der Waals surface area contributed by atoms with Crippen molar-refractivity contribution in [2.45, 2.75) is 45.1 Å². The molecule has 114 valence electrons. The highest BCUT2D eigenvalue weighted by atomic mass is 16.5. The number of carbonyl (C=O) groups excluding carboxylic acids is 1. The molecule has 1 heterocycles. The molecule has 1 saturated carbocycles. The van der Waals surface area contributed by atoms with Crippen molar-refractivity contribution in [1.29, 1.82) is 0 Å². The summed E-state index contributed by atoms with van der Waals surface area (Å²) in [4.78, 5) is 23.1. The summed E-state index contributed by atoms with van der Waals surface area (Å²) < 4.78 is 5.30. The van der Waals surface area contributed by atoms with Crippen LogP contribution in [0.25, 0.3) is 0 Å². The lowest BCUT2D eigenvalue weighted by molar-refractivity contribution is -0.153. The van der Waals surface area contributed by atoms with E-state index in [1.807, 2.05) is 6.92 Å². The van der Waals surface area contributed by atoms with Crippen LogP contribution in [0.3, 0.4) is 0 Å². The summed E-state index contributed by atoms with van der Waals surface area (Å²) in [5.41, 5.74) is -0.737. The highest BCUT2D eigenvalue weighted by Gasteiger charge is 2.44. The smallest absolute Gasteiger partial charge is 0.315 e. The fraction of sp³-hybridized carbons (Fsp3) is 0.857. The molecular weight excluding hydrogens is 260 g/mol. The Morgan fingerprint density at radius 3 is 2.50 bits per heavy atom. The molecule has 20 heavy (non-hydrogen) atoms. The topological polar surface area (TPSA) is 87.7 Å². The molecule has 6 nitrogen and oxygen atoms in total. The van der Waals surface area contributed by atoms with Gasteiger partial charge in [-0.3, -0.25) is 4.79 Å². The van der Waals surface area contributed by atoms with Crippen LogP contribution >= 0.6 is 0 Å². The maximum atomic E-state index is 11.9. The third-order valence-corrected chi connectivity index (χ3v) is 4.68. The summed E-state index contributed by atoms with van der Waals surface area (Å²) in [6, 6.07) is -0.183. The normalized spacial score (nSPS) is 23.4. The molecule has 2 rings (SSSR count). The largest absolute Gasteiger partial charge is 0.481 e. The zero-order valence-corrected chi connectivity index (χ0v) is 12.0. The lowest BCUT2D eigenvalue weighted by Crippen LogP contribution is -2.52. The lowest BCUT2D eigenvalue weighted by atomic mass is 9.69. The van der Waals surface area contributed by atoms with Crippen molar-refractivity contribution >= 4 is 12.0 Å². The first-order chi connectivity index (χ1) is 9.53. The molecule has 1 saturated heterocycles. The minimum Gasteiger partial charge on any atom is -0.481 e. The van der Waals surface area contributed by atoms with Crippen LogP contribution in [-0.4, -0.2) is 42.9 Å². The van der Waals surface area contributed by atoms with Gasteiger partial charge < -0.3 is 20.5 Å². The molecule has 1 unspecified atom stereocenters. The Hall–Kier alpha value is -1.30. The summed E-state index contributed by atoms with van der Waals surface area (Å²) in [6.07, 6.45) is 4.14. The number of hydrogen-bond donors (Lipinski definition) is 3. The van der Waals surface area contributed by atoms with E-state index in [0.717, 1.165) is 32.5 Å². The van der Waals surface area contributed by atoms with Crippen LogP contribution in [0.2, 0.25) is 0 Å². The Morgan fingerprint density at radius 2 is 2.00 bits per heavy atom. The summed E-state index contributed by atoms with van der Waals surface area (Å²) in [5, 5.41) is 14.8. The Kier molecular flexibility index (Phi) is 4.86. The van der Waals surface area contributed by atoms with Crippen molar-refractivity contribution < 1.29 is 19.4 Å². The van der Waals surface area contributed by atoms with Crippen LogP contribution in [-0.2, 0) is 9.53 Å². The number of nitrogens with one attached hydrogen (secondary N) is 2. The van der Waals surface area contributed by atoms with Crippen molar-refractivity contribution in [3.05, 3.63) is 0 Å². The number of aliphatic carboxylic acids is 1. The first-order valence-electron chi connectivity index (χ1n) is 7.39. The fourth-order valence-corrected chi connectivity index (χ4v) is 2.91. The van der Waals surface area contributed by atoms with Crippen molar-refractivity contribution in [1.82, 2.24) is 10.6 Å². The zero-order valence-electron chi connectivity index (χ0n) is 12.0. The second-order valence-corrected chi connectivity index (χ2v) is 6.00. The fourth-order valence-electron chi connectivity index (χ4n) is 2.91. The van der Waals surface area contributed by atoms with Crippen molar-refractivity contribution in [2.75, 3.05) is 19.8 Å². The Bertz CT molecular complexity index is 362. The molecule has 1 atom stereocenters. The minimum atomic E-state index is -0.804. The quantitative estimate of drug-likeness (QED) is 0.711. The van der Waals surface area contributed by atoms with Gasteiger partial charge in [-0.2, -0.15) is 0 Å². The number of carboxylic acids is 1. The van der Waals surface area contributed by atoms with Crippen molar-refractivity contribution in [2.24, 2.45) is 11.3 Å². The van der Waals surface area contributed by atoms with Gasteiger partial charge in [0.2, 0.25) is 0 Å². The van der Waals surface area contributed by atoms with Crippen LogP contribution in [0.5, 0.6) is 0 Å². The summed E-state index contributed by atoms with van der Waals surface area (Å²) in [7, 11) is 0. The molecule has 2 fully saturated rings. The Morgan fingerprint density at radius 1 is 1.35 bits per heavy atom. The standard InChI is InChI=1S/C14H24N2O4/c1-10(11-3-7-20-8-4-11)16-13(19)15-9-14(12(17)18)5-2-6-14/h10-11H,2-9H2,1H3,(H,17,18)(H2,15,16,19). The summed E-state index contributed by atoms with van der Waals surface area (Å²) in [5.74, 6) is -0.367. The van der Waals surface area contributed by atoms with Gasteiger partial charge in [0.25, 0.3) is 0 Å². The van der Waals surface area contributed by atoms with E-state index in [1.54, 1.807) is 0 Å². The molecule has 1 aliphatic heterocycles. The number of ether oxygens (including phenoxy) is 1. The average molecular weight is 284 g/mol. The van der Waals surface area contributed by atoms with Crippen molar-refractivity contribution in [3.8, 4) is 0 Å². The number of hydrogen-bond acceptors (Lipinski definition) is 3. The van der Waals surface area contributed by atoms with Gasteiger partial charge in [0.15, 0.2) is 0 Å². The highest BCUT2D eigenvalue weighted by molar-refractivity contribution is 5.78. The summed E-state index contributed by atoms with van der Waals surface area (Å²) >= 11 is 0. The van der Waals surface area contributed by atoms with Gasteiger partial charge in [0.05, 0.1) is 5.41 Å². The molecule has 0 spiro atoms. The zero-order chi connectivity index (χ0) is 14.6.